The molecule has 0 radical (unpaired) electrons. The molecule has 0 aromatic carbocycles. The van der Waals surface area contributed by atoms with Crippen LogP contribution in [0.4, 0.5) is 0 Å². The van der Waals surface area contributed by atoms with Gasteiger partial charge in [0.1, 0.15) is 5.82 Å². The molecule has 0 aliphatic carbocycles. The van der Waals surface area contributed by atoms with Crippen molar-refractivity contribution in [3.8, 4) is 0 Å². The van der Waals surface area contributed by atoms with Gasteiger partial charge in [0.25, 0.3) is 0 Å². The Labute approximate surface area is 99.7 Å². The van der Waals surface area contributed by atoms with Crippen molar-refractivity contribution < 1.29 is 4.74 Å². The number of hydrogen-bond donors (Lipinski definition) is 1. The molecule has 90 valence electrons. The van der Waals surface area contributed by atoms with E-state index in [1.54, 1.807) is 11.8 Å². The third kappa shape index (κ3) is 2.56. The van der Waals surface area contributed by atoms with Gasteiger partial charge >= 0.3 is 0 Å². The predicted octanol–water partition coefficient (Wildman–Crippen LogP) is 1.03. The maximum atomic E-state index is 5.62. The fourth-order valence-corrected chi connectivity index (χ4v) is 2.99. The lowest BCUT2D eigenvalue weighted by Crippen LogP contribution is -2.18. The van der Waals surface area contributed by atoms with Gasteiger partial charge in [0.2, 0.25) is 0 Å². The number of aromatic nitrogens is 3. The Morgan fingerprint density at radius 2 is 2.19 bits per heavy atom. The maximum absolute atomic E-state index is 5.62. The summed E-state index contributed by atoms with van der Waals surface area (Å²) in [6.45, 7) is 5.15. The van der Waals surface area contributed by atoms with Gasteiger partial charge in [0, 0.05) is 25.0 Å². The smallest absolute Gasteiger partial charge is 0.191 e. The Balaban J connectivity index is 2.05. The predicted molar refractivity (Wildman–Crippen MR) is 63.3 cm³/mol. The molecule has 1 saturated heterocycles. The molecule has 1 fully saturated rings. The molecule has 0 atom stereocenters. The zero-order valence-corrected chi connectivity index (χ0v) is 10.4. The Bertz CT molecular complexity index is 336. The van der Waals surface area contributed by atoms with Crippen molar-refractivity contribution in [1.29, 1.82) is 0 Å². The molecule has 0 spiro atoms. The van der Waals surface area contributed by atoms with Gasteiger partial charge in [0.15, 0.2) is 5.16 Å². The van der Waals surface area contributed by atoms with Crippen LogP contribution in [0.2, 0.25) is 0 Å². The van der Waals surface area contributed by atoms with E-state index in [0.29, 0.717) is 11.8 Å². The van der Waals surface area contributed by atoms with Gasteiger partial charge in [-0.2, -0.15) is 0 Å². The van der Waals surface area contributed by atoms with Crippen molar-refractivity contribution in [3.63, 3.8) is 0 Å². The van der Waals surface area contributed by atoms with E-state index in [1.165, 1.54) is 0 Å². The Kier molecular flexibility index (Phi) is 4.20. The van der Waals surface area contributed by atoms with Gasteiger partial charge in [-0.05, 0) is 19.8 Å². The Morgan fingerprint density at radius 1 is 1.44 bits per heavy atom. The first kappa shape index (κ1) is 11.9. The molecule has 0 unspecified atom stereocenters. The quantitative estimate of drug-likeness (QED) is 0.854. The zero-order chi connectivity index (χ0) is 11.4. The first-order valence-corrected chi connectivity index (χ1v) is 6.59. The SMILES string of the molecule is CCn1c(CN)nnc1SC1CCOCC1. The molecule has 1 aliphatic heterocycles. The van der Waals surface area contributed by atoms with Crippen molar-refractivity contribution >= 4 is 11.8 Å². The summed E-state index contributed by atoms with van der Waals surface area (Å²) in [7, 11) is 0. The van der Waals surface area contributed by atoms with E-state index >= 15 is 0 Å². The van der Waals surface area contributed by atoms with Crippen molar-refractivity contribution in [2.45, 2.75) is 43.3 Å². The topological polar surface area (TPSA) is 66.0 Å². The molecular formula is C10H18N4OS. The number of nitrogens with two attached hydrogens (primary N) is 1. The van der Waals surface area contributed by atoms with Gasteiger partial charge in [-0.1, -0.05) is 11.8 Å². The van der Waals surface area contributed by atoms with Gasteiger partial charge < -0.3 is 15.0 Å². The molecule has 0 bridgehead atoms. The average Bonchev–Trinajstić information content (AvgIpc) is 2.72. The monoisotopic (exact) mass is 242 g/mol. The number of hydrogen-bond acceptors (Lipinski definition) is 5. The summed E-state index contributed by atoms with van der Waals surface area (Å²) in [5, 5.41) is 9.91. The fourth-order valence-electron chi connectivity index (χ4n) is 1.82. The Morgan fingerprint density at radius 3 is 2.81 bits per heavy atom. The van der Waals surface area contributed by atoms with Crippen LogP contribution in [0.25, 0.3) is 0 Å². The lowest BCUT2D eigenvalue weighted by Gasteiger charge is -2.20. The molecular weight excluding hydrogens is 224 g/mol. The second kappa shape index (κ2) is 5.65. The fraction of sp³-hybridized carbons (Fsp3) is 0.800. The molecule has 1 aromatic heterocycles. The average molecular weight is 242 g/mol. The van der Waals surface area contributed by atoms with Crippen LogP contribution in [-0.2, 0) is 17.8 Å². The second-order valence-corrected chi connectivity index (χ2v) is 5.04. The first-order chi connectivity index (χ1) is 7.85. The molecule has 2 N–H and O–H groups in total. The third-order valence-electron chi connectivity index (χ3n) is 2.73. The summed E-state index contributed by atoms with van der Waals surface area (Å²) in [6.07, 6.45) is 2.19. The minimum Gasteiger partial charge on any atom is -0.381 e. The van der Waals surface area contributed by atoms with Crippen molar-refractivity contribution in [2.75, 3.05) is 13.2 Å². The van der Waals surface area contributed by atoms with Crippen molar-refractivity contribution in [1.82, 2.24) is 14.8 Å². The Hall–Kier alpha value is -0.590. The van der Waals surface area contributed by atoms with Gasteiger partial charge in [-0.25, -0.2) is 0 Å². The van der Waals surface area contributed by atoms with E-state index < -0.39 is 0 Å². The second-order valence-electron chi connectivity index (χ2n) is 3.78. The standard InChI is InChI=1S/C10H18N4OS/c1-2-14-9(7-11)12-13-10(14)16-8-3-5-15-6-4-8/h8H,2-7,11H2,1H3. The molecule has 16 heavy (non-hydrogen) atoms. The van der Waals surface area contributed by atoms with E-state index in [2.05, 4.69) is 21.7 Å². The van der Waals surface area contributed by atoms with Crippen LogP contribution < -0.4 is 5.73 Å². The lowest BCUT2D eigenvalue weighted by molar-refractivity contribution is 0.0999. The summed E-state index contributed by atoms with van der Waals surface area (Å²) >= 11 is 1.81. The number of nitrogens with zero attached hydrogens (tertiary/aromatic N) is 3. The van der Waals surface area contributed by atoms with Crippen LogP contribution in [0.1, 0.15) is 25.6 Å². The number of rotatable bonds is 4. The summed E-state index contributed by atoms with van der Waals surface area (Å²) in [5.41, 5.74) is 5.62. The normalized spacial score (nSPS) is 17.9. The summed E-state index contributed by atoms with van der Waals surface area (Å²) in [4.78, 5) is 0. The minimum absolute atomic E-state index is 0.454. The molecule has 2 heterocycles. The maximum Gasteiger partial charge on any atom is 0.191 e. The van der Waals surface area contributed by atoms with Crippen LogP contribution in [-0.4, -0.2) is 33.2 Å². The zero-order valence-electron chi connectivity index (χ0n) is 9.56. The highest BCUT2D eigenvalue weighted by molar-refractivity contribution is 7.99. The summed E-state index contributed by atoms with van der Waals surface area (Å²) in [5.74, 6) is 0.872. The highest BCUT2D eigenvalue weighted by Crippen LogP contribution is 2.28. The lowest BCUT2D eigenvalue weighted by atomic mass is 10.2. The van der Waals surface area contributed by atoms with Gasteiger partial charge in [-0.3, -0.25) is 0 Å². The number of thioether (sulfide) groups is 1. The molecule has 0 saturated carbocycles. The highest BCUT2D eigenvalue weighted by Gasteiger charge is 2.19. The molecule has 6 heteroatoms. The largest absolute Gasteiger partial charge is 0.381 e. The van der Waals surface area contributed by atoms with Crippen molar-refractivity contribution in [3.05, 3.63) is 5.82 Å². The third-order valence-corrected chi connectivity index (χ3v) is 4.05. The van der Waals surface area contributed by atoms with E-state index in [9.17, 15) is 0 Å². The van der Waals surface area contributed by atoms with E-state index in [1.807, 2.05) is 0 Å². The van der Waals surface area contributed by atoms with E-state index in [0.717, 1.165) is 43.6 Å². The number of ether oxygens (including phenoxy) is 1. The van der Waals surface area contributed by atoms with Crippen LogP contribution in [0.15, 0.2) is 5.16 Å². The molecule has 5 nitrogen and oxygen atoms in total. The molecule has 2 rings (SSSR count). The van der Waals surface area contributed by atoms with Crippen LogP contribution in [0.3, 0.4) is 0 Å². The minimum atomic E-state index is 0.454. The van der Waals surface area contributed by atoms with E-state index in [4.69, 9.17) is 10.5 Å². The first-order valence-electron chi connectivity index (χ1n) is 5.71. The van der Waals surface area contributed by atoms with Crippen LogP contribution in [0, 0.1) is 0 Å². The van der Waals surface area contributed by atoms with Gasteiger partial charge in [-0.15, -0.1) is 10.2 Å². The van der Waals surface area contributed by atoms with Crippen LogP contribution >= 0.6 is 11.8 Å². The van der Waals surface area contributed by atoms with Crippen LogP contribution in [0.5, 0.6) is 0 Å². The molecule has 1 aromatic rings. The van der Waals surface area contributed by atoms with Gasteiger partial charge in [0.05, 0.1) is 6.54 Å². The summed E-state index contributed by atoms with van der Waals surface area (Å²) in [6, 6.07) is 0. The van der Waals surface area contributed by atoms with E-state index in [-0.39, 0.29) is 0 Å². The summed E-state index contributed by atoms with van der Waals surface area (Å²) < 4.78 is 7.44. The molecule has 1 aliphatic rings. The molecule has 0 amide bonds. The highest BCUT2D eigenvalue weighted by atomic mass is 32.2. The van der Waals surface area contributed by atoms with Crippen molar-refractivity contribution in [2.24, 2.45) is 5.73 Å².